The molecule has 3 atom stereocenters. The molecule has 0 aliphatic carbocycles. The number of hydrogen-bond acceptors (Lipinski definition) is 7. The van der Waals surface area contributed by atoms with Gasteiger partial charge < -0.3 is 15.3 Å². The molecular weight excluding hydrogens is 292 g/mol. The van der Waals surface area contributed by atoms with E-state index in [-0.39, 0.29) is 6.61 Å². The van der Waals surface area contributed by atoms with Crippen molar-refractivity contribution in [3.8, 4) is 0 Å². The lowest BCUT2D eigenvalue weighted by Gasteiger charge is -2.32. The van der Waals surface area contributed by atoms with Gasteiger partial charge in [-0.3, -0.25) is 10.9 Å². The van der Waals surface area contributed by atoms with Crippen LogP contribution >= 0.6 is 0 Å². The molecule has 0 radical (unpaired) electrons. The van der Waals surface area contributed by atoms with E-state index in [1.807, 2.05) is 6.07 Å². The molecule has 7 nitrogen and oxygen atoms in total. The molecule has 128 valence electrons. The lowest BCUT2D eigenvalue weighted by atomic mass is 9.97. The van der Waals surface area contributed by atoms with Crippen LogP contribution in [0.4, 0.5) is 11.6 Å². The van der Waals surface area contributed by atoms with Gasteiger partial charge >= 0.3 is 0 Å². The van der Waals surface area contributed by atoms with E-state index in [0.717, 1.165) is 44.1 Å². The van der Waals surface area contributed by atoms with Crippen LogP contribution in [0, 0.1) is 11.8 Å². The van der Waals surface area contributed by atoms with Gasteiger partial charge in [-0.2, -0.15) is 0 Å². The van der Waals surface area contributed by atoms with E-state index < -0.39 is 0 Å². The molecular formula is C16H28N6O. The number of aliphatic hydroxyl groups is 1. The highest BCUT2D eigenvalue weighted by Crippen LogP contribution is 2.23. The van der Waals surface area contributed by atoms with E-state index in [1.54, 1.807) is 6.33 Å². The highest BCUT2D eigenvalue weighted by molar-refractivity contribution is 5.48. The molecule has 0 bridgehead atoms. The maximum absolute atomic E-state index is 9.38. The van der Waals surface area contributed by atoms with E-state index in [2.05, 4.69) is 44.9 Å². The summed E-state index contributed by atoms with van der Waals surface area (Å²) in [7, 11) is 0. The lowest BCUT2D eigenvalue weighted by Crippen LogP contribution is -2.37. The van der Waals surface area contributed by atoms with Gasteiger partial charge in [-0.15, -0.1) is 0 Å². The van der Waals surface area contributed by atoms with Crippen LogP contribution in [0.25, 0.3) is 0 Å². The third-order valence-corrected chi connectivity index (χ3v) is 5.10. The van der Waals surface area contributed by atoms with Crippen molar-refractivity contribution in [3.63, 3.8) is 0 Å². The van der Waals surface area contributed by atoms with Crippen molar-refractivity contribution < 1.29 is 5.11 Å². The van der Waals surface area contributed by atoms with E-state index in [1.165, 1.54) is 0 Å². The van der Waals surface area contributed by atoms with Gasteiger partial charge in [0.25, 0.3) is 0 Å². The number of hydrogen-bond donors (Lipinski definition) is 4. The van der Waals surface area contributed by atoms with Gasteiger partial charge in [-0.1, -0.05) is 0 Å². The molecule has 0 saturated carbocycles. The average Bonchev–Trinajstić information content (AvgIpc) is 2.91. The first kappa shape index (κ1) is 16.4. The number of nitrogens with zero attached hydrogens (tertiary/aromatic N) is 3. The van der Waals surface area contributed by atoms with E-state index in [9.17, 15) is 5.11 Å². The fraction of sp³-hybridized carbons (Fsp3) is 0.750. The summed E-state index contributed by atoms with van der Waals surface area (Å²) in [5.41, 5.74) is 6.55. The Morgan fingerprint density at radius 1 is 1.30 bits per heavy atom. The van der Waals surface area contributed by atoms with Gasteiger partial charge in [0.05, 0.1) is 0 Å². The summed E-state index contributed by atoms with van der Waals surface area (Å²) < 4.78 is 0. The highest BCUT2D eigenvalue weighted by Gasteiger charge is 2.29. The maximum atomic E-state index is 9.38. The Kier molecular flexibility index (Phi) is 5.30. The van der Waals surface area contributed by atoms with Gasteiger partial charge in [0, 0.05) is 50.3 Å². The van der Waals surface area contributed by atoms with Gasteiger partial charge in [0.15, 0.2) is 0 Å². The summed E-state index contributed by atoms with van der Waals surface area (Å²) in [5.74, 6) is 2.69. The second kappa shape index (κ2) is 7.42. The second-order valence-electron chi connectivity index (χ2n) is 6.81. The number of hydrazine groups is 1. The minimum atomic E-state index is 0.254. The van der Waals surface area contributed by atoms with Crippen LogP contribution in [0.3, 0.4) is 0 Å². The molecule has 3 heterocycles. The van der Waals surface area contributed by atoms with Crippen LogP contribution in [0.2, 0.25) is 0 Å². The molecule has 23 heavy (non-hydrogen) atoms. The summed E-state index contributed by atoms with van der Waals surface area (Å²) in [5, 5.41) is 12.8. The monoisotopic (exact) mass is 320 g/mol. The van der Waals surface area contributed by atoms with E-state index >= 15 is 0 Å². The number of anilines is 2. The third-order valence-electron chi connectivity index (χ3n) is 5.10. The molecule has 0 spiro atoms. The number of rotatable bonds is 5. The van der Waals surface area contributed by atoms with Crippen LogP contribution in [-0.2, 0) is 0 Å². The Balaban J connectivity index is 1.61. The number of aliphatic hydroxyl groups excluding tert-OH is 1. The Morgan fingerprint density at radius 3 is 2.83 bits per heavy atom. The van der Waals surface area contributed by atoms with Crippen LogP contribution in [-0.4, -0.2) is 53.4 Å². The molecule has 2 saturated heterocycles. The Labute approximate surface area is 137 Å². The van der Waals surface area contributed by atoms with Crippen molar-refractivity contribution >= 4 is 11.6 Å². The van der Waals surface area contributed by atoms with Crippen molar-refractivity contribution in [2.75, 3.05) is 36.5 Å². The molecule has 3 rings (SSSR count). The highest BCUT2D eigenvalue weighted by atomic mass is 16.3. The molecule has 2 aliphatic heterocycles. The van der Waals surface area contributed by atoms with Crippen LogP contribution in [0.15, 0.2) is 12.4 Å². The molecule has 1 aromatic rings. The van der Waals surface area contributed by atoms with Crippen molar-refractivity contribution in [1.82, 2.24) is 20.8 Å². The van der Waals surface area contributed by atoms with Crippen molar-refractivity contribution in [2.45, 2.75) is 38.8 Å². The van der Waals surface area contributed by atoms with Gasteiger partial charge in [-0.25, -0.2) is 9.97 Å². The first-order chi connectivity index (χ1) is 11.2. The smallest absolute Gasteiger partial charge is 0.134 e. The summed E-state index contributed by atoms with van der Waals surface area (Å²) >= 11 is 0. The van der Waals surface area contributed by atoms with Crippen LogP contribution in [0.1, 0.15) is 26.7 Å². The summed E-state index contributed by atoms with van der Waals surface area (Å²) in [6.45, 7) is 7.38. The molecule has 0 aromatic carbocycles. The van der Waals surface area contributed by atoms with Crippen LogP contribution < -0.4 is 21.1 Å². The molecule has 0 amide bonds. The molecule has 2 aliphatic rings. The summed E-state index contributed by atoms with van der Waals surface area (Å²) in [4.78, 5) is 11.0. The minimum Gasteiger partial charge on any atom is -0.396 e. The van der Waals surface area contributed by atoms with E-state index in [4.69, 9.17) is 0 Å². The first-order valence-corrected chi connectivity index (χ1v) is 8.60. The predicted octanol–water partition coefficient (Wildman–Crippen LogP) is 0.598. The topological polar surface area (TPSA) is 85.3 Å². The molecule has 2 fully saturated rings. The zero-order valence-electron chi connectivity index (χ0n) is 14.0. The van der Waals surface area contributed by atoms with Gasteiger partial charge in [0.1, 0.15) is 18.0 Å². The fourth-order valence-corrected chi connectivity index (χ4v) is 3.52. The van der Waals surface area contributed by atoms with Crippen LogP contribution in [0.5, 0.6) is 0 Å². The average molecular weight is 320 g/mol. The zero-order valence-corrected chi connectivity index (χ0v) is 14.0. The zero-order chi connectivity index (χ0) is 16.2. The van der Waals surface area contributed by atoms with Crippen molar-refractivity contribution in [2.24, 2.45) is 11.8 Å². The predicted molar refractivity (Wildman–Crippen MR) is 91.2 cm³/mol. The quantitative estimate of drug-likeness (QED) is 0.632. The Morgan fingerprint density at radius 2 is 2.09 bits per heavy atom. The lowest BCUT2D eigenvalue weighted by molar-refractivity contribution is 0.208. The minimum absolute atomic E-state index is 0.254. The summed E-state index contributed by atoms with van der Waals surface area (Å²) in [6.07, 6.45) is 3.82. The second-order valence-corrected chi connectivity index (χ2v) is 6.81. The van der Waals surface area contributed by atoms with Crippen molar-refractivity contribution in [3.05, 3.63) is 12.4 Å². The van der Waals surface area contributed by atoms with Gasteiger partial charge in [0.2, 0.25) is 0 Å². The fourth-order valence-electron chi connectivity index (χ4n) is 3.52. The van der Waals surface area contributed by atoms with Crippen molar-refractivity contribution in [1.29, 1.82) is 0 Å². The Bertz CT molecular complexity index is 503. The standard InChI is InChI=1S/C16H28N6O/c1-11-14(12(2)21-20-11)7-17-15-6-16(19-10-18-15)22-5-3-4-13(8-22)9-23/h6,10-14,20-21,23H,3-5,7-9H2,1-2H3,(H,17,18,19). The summed E-state index contributed by atoms with van der Waals surface area (Å²) in [6, 6.07) is 2.89. The van der Waals surface area contributed by atoms with E-state index in [0.29, 0.717) is 23.9 Å². The first-order valence-electron chi connectivity index (χ1n) is 8.60. The molecule has 3 unspecified atom stereocenters. The number of piperidine rings is 1. The van der Waals surface area contributed by atoms with Gasteiger partial charge in [-0.05, 0) is 32.6 Å². The molecule has 4 N–H and O–H groups in total. The number of nitrogens with one attached hydrogen (secondary N) is 3. The molecule has 1 aromatic heterocycles. The maximum Gasteiger partial charge on any atom is 0.134 e. The normalized spacial score (nSPS) is 31.3. The Hall–Kier alpha value is -1.44. The molecule has 7 heteroatoms. The number of aromatic nitrogens is 2. The third kappa shape index (κ3) is 3.91. The largest absolute Gasteiger partial charge is 0.396 e. The SMILES string of the molecule is CC1NNC(C)C1CNc1cc(N2CCCC(CO)C2)ncn1.